The first-order valence-electron chi connectivity index (χ1n) is 6.68. The van der Waals surface area contributed by atoms with Gasteiger partial charge in [0.15, 0.2) is 0 Å². The summed E-state index contributed by atoms with van der Waals surface area (Å²) in [6.45, 7) is 1.72. The van der Waals surface area contributed by atoms with Crippen molar-refractivity contribution in [3.8, 4) is 5.69 Å². The molecule has 0 aliphatic carbocycles. The summed E-state index contributed by atoms with van der Waals surface area (Å²) < 4.78 is 3.32. The molecule has 0 saturated carbocycles. The van der Waals surface area contributed by atoms with Crippen molar-refractivity contribution in [1.82, 2.24) is 19.2 Å². The van der Waals surface area contributed by atoms with Gasteiger partial charge >= 0.3 is 0 Å². The maximum atomic E-state index is 12.5. The van der Waals surface area contributed by atoms with E-state index in [9.17, 15) is 4.79 Å². The van der Waals surface area contributed by atoms with Crippen molar-refractivity contribution in [3.05, 3.63) is 70.6 Å². The van der Waals surface area contributed by atoms with Gasteiger partial charge in [0.25, 0.3) is 5.56 Å². The third-order valence-corrected chi connectivity index (χ3v) is 3.50. The number of aryl methyl sites for hydroxylation is 1. The minimum absolute atomic E-state index is 0.149. The maximum absolute atomic E-state index is 12.5. The molecule has 0 saturated heterocycles. The maximum Gasteiger partial charge on any atom is 0.281 e. The lowest BCUT2D eigenvalue weighted by molar-refractivity contribution is 0.815. The fourth-order valence-corrected chi connectivity index (χ4v) is 2.50. The van der Waals surface area contributed by atoms with Crippen molar-refractivity contribution >= 4 is 16.8 Å². The number of fused-ring (bicyclic) bond motifs is 3. The molecule has 0 spiro atoms. The van der Waals surface area contributed by atoms with E-state index >= 15 is 0 Å². The number of hydrogen-bond acceptors (Lipinski definition) is 3. The lowest BCUT2D eigenvalue weighted by Crippen LogP contribution is -2.25. The molecule has 0 unspecified atom stereocenters. The van der Waals surface area contributed by atoms with Crippen LogP contribution in [0, 0.1) is 6.92 Å². The molecule has 2 heterocycles. The van der Waals surface area contributed by atoms with E-state index in [1.54, 1.807) is 16.0 Å². The predicted octanol–water partition coefficient (Wildman–Crippen LogP) is 2.34. The van der Waals surface area contributed by atoms with Gasteiger partial charge in [-0.3, -0.25) is 4.79 Å². The molecule has 0 fully saturated rings. The summed E-state index contributed by atoms with van der Waals surface area (Å²) in [5.74, 6) is 0.526. The molecule has 0 atom stereocenters. The first-order valence-corrected chi connectivity index (χ1v) is 6.68. The molecule has 2 aromatic carbocycles. The van der Waals surface area contributed by atoms with E-state index in [1.165, 1.54) is 0 Å². The molecule has 4 aromatic rings. The number of benzene rings is 2. The van der Waals surface area contributed by atoms with Crippen LogP contribution in [0.25, 0.3) is 22.5 Å². The van der Waals surface area contributed by atoms with Crippen LogP contribution in [0.15, 0.2) is 59.4 Å². The molecule has 2 aromatic heterocycles. The van der Waals surface area contributed by atoms with Gasteiger partial charge in [0.2, 0.25) is 5.78 Å². The van der Waals surface area contributed by atoms with E-state index in [4.69, 9.17) is 0 Å². The van der Waals surface area contributed by atoms with Crippen LogP contribution in [-0.4, -0.2) is 19.2 Å². The second-order valence-electron chi connectivity index (χ2n) is 4.87. The third-order valence-electron chi connectivity index (χ3n) is 3.50. The largest absolute Gasteiger partial charge is 0.281 e. The lowest BCUT2D eigenvalue weighted by Gasteiger charge is -2.08. The molecular formula is C16H12N4O. The Morgan fingerprint density at radius 2 is 1.67 bits per heavy atom. The minimum atomic E-state index is -0.149. The average Bonchev–Trinajstić information content (AvgIpc) is 2.87. The van der Waals surface area contributed by atoms with Crippen LogP contribution in [0.5, 0.6) is 0 Å². The fourth-order valence-electron chi connectivity index (χ4n) is 2.50. The Morgan fingerprint density at radius 3 is 2.48 bits per heavy atom. The Bertz CT molecular complexity index is 1010. The topological polar surface area (TPSA) is 52.2 Å². The Kier molecular flexibility index (Phi) is 2.41. The van der Waals surface area contributed by atoms with Gasteiger partial charge in [-0.05, 0) is 31.2 Å². The molecule has 0 aliphatic heterocycles. The van der Waals surface area contributed by atoms with Gasteiger partial charge in [-0.2, -0.15) is 9.61 Å². The van der Waals surface area contributed by atoms with E-state index in [0.717, 1.165) is 16.7 Å². The zero-order valence-corrected chi connectivity index (χ0v) is 11.4. The summed E-state index contributed by atoms with van der Waals surface area (Å²) >= 11 is 0. The van der Waals surface area contributed by atoms with Gasteiger partial charge < -0.3 is 0 Å². The van der Waals surface area contributed by atoms with Gasteiger partial charge in [0.05, 0.1) is 16.7 Å². The molecule has 4 rings (SSSR count). The number of rotatable bonds is 1. The van der Waals surface area contributed by atoms with Crippen LogP contribution in [0.4, 0.5) is 0 Å². The summed E-state index contributed by atoms with van der Waals surface area (Å²) in [5.41, 5.74) is 2.78. The van der Waals surface area contributed by atoms with Crippen LogP contribution < -0.4 is 5.56 Å². The molecule has 102 valence electrons. The summed E-state index contributed by atoms with van der Waals surface area (Å²) in [6, 6.07) is 17.2. The van der Waals surface area contributed by atoms with Gasteiger partial charge in [-0.1, -0.05) is 30.3 Å². The Hall–Kier alpha value is -2.95. The predicted molar refractivity (Wildman–Crippen MR) is 80.8 cm³/mol. The first-order chi connectivity index (χ1) is 10.3. The summed E-state index contributed by atoms with van der Waals surface area (Å²) in [4.78, 5) is 17.1. The van der Waals surface area contributed by atoms with Gasteiger partial charge in [-0.25, -0.2) is 9.55 Å². The van der Waals surface area contributed by atoms with Gasteiger partial charge in [-0.15, -0.1) is 0 Å². The summed E-state index contributed by atoms with van der Waals surface area (Å²) in [6.07, 6.45) is 0. The standard InChI is InChI=1S/C16H12N4O/c1-11-15(21)19(12-7-3-2-4-8-12)16-17-13-9-5-6-10-14(13)20(16)18-11/h2-10H,1H3. The smallest absolute Gasteiger partial charge is 0.267 e. The number of para-hydroxylation sites is 3. The zero-order chi connectivity index (χ0) is 14.4. The van der Waals surface area contributed by atoms with Crippen molar-refractivity contribution in [1.29, 1.82) is 0 Å². The quantitative estimate of drug-likeness (QED) is 0.536. The third kappa shape index (κ3) is 1.67. The fraction of sp³-hybridized carbons (Fsp3) is 0.0625. The minimum Gasteiger partial charge on any atom is -0.267 e. The van der Waals surface area contributed by atoms with Crippen LogP contribution in [-0.2, 0) is 0 Å². The van der Waals surface area contributed by atoms with Crippen LogP contribution in [0.1, 0.15) is 5.69 Å². The molecule has 0 N–H and O–H groups in total. The Morgan fingerprint density at radius 1 is 0.952 bits per heavy atom. The molecule has 0 radical (unpaired) electrons. The van der Waals surface area contributed by atoms with Crippen molar-refractivity contribution < 1.29 is 0 Å². The SMILES string of the molecule is Cc1nn2c3ccccc3nc2n(-c2ccccc2)c1=O. The summed E-state index contributed by atoms with van der Waals surface area (Å²) in [5, 5.41) is 4.37. The van der Waals surface area contributed by atoms with Crippen LogP contribution in [0.2, 0.25) is 0 Å². The number of imidazole rings is 1. The highest BCUT2D eigenvalue weighted by atomic mass is 16.1. The first kappa shape index (κ1) is 11.8. The van der Waals surface area contributed by atoms with E-state index in [-0.39, 0.29) is 5.56 Å². The number of nitrogens with zero attached hydrogens (tertiary/aromatic N) is 4. The highest BCUT2D eigenvalue weighted by molar-refractivity contribution is 5.79. The molecule has 0 bridgehead atoms. The van der Waals surface area contributed by atoms with Crippen LogP contribution >= 0.6 is 0 Å². The van der Waals surface area contributed by atoms with E-state index < -0.39 is 0 Å². The average molecular weight is 276 g/mol. The van der Waals surface area contributed by atoms with Crippen molar-refractivity contribution in [2.45, 2.75) is 6.92 Å². The Balaban J connectivity index is 2.24. The van der Waals surface area contributed by atoms with E-state index in [2.05, 4.69) is 10.1 Å². The second kappa shape index (κ2) is 4.28. The zero-order valence-electron chi connectivity index (χ0n) is 11.4. The lowest BCUT2D eigenvalue weighted by atomic mass is 10.3. The van der Waals surface area contributed by atoms with E-state index in [1.807, 2.05) is 54.6 Å². The van der Waals surface area contributed by atoms with Gasteiger partial charge in [0.1, 0.15) is 5.69 Å². The van der Waals surface area contributed by atoms with Crippen LogP contribution in [0.3, 0.4) is 0 Å². The second-order valence-corrected chi connectivity index (χ2v) is 4.87. The highest BCUT2D eigenvalue weighted by Crippen LogP contribution is 2.16. The van der Waals surface area contributed by atoms with Crippen molar-refractivity contribution in [2.24, 2.45) is 0 Å². The molecular weight excluding hydrogens is 264 g/mol. The molecule has 5 nitrogen and oxygen atoms in total. The molecule has 21 heavy (non-hydrogen) atoms. The van der Waals surface area contributed by atoms with Crippen molar-refractivity contribution in [3.63, 3.8) is 0 Å². The number of aromatic nitrogens is 4. The van der Waals surface area contributed by atoms with E-state index in [0.29, 0.717) is 11.5 Å². The Labute approximate surface area is 120 Å². The van der Waals surface area contributed by atoms with Gasteiger partial charge in [0, 0.05) is 0 Å². The molecule has 5 heteroatoms. The summed E-state index contributed by atoms with van der Waals surface area (Å²) in [7, 11) is 0. The molecule has 0 aliphatic rings. The molecule has 0 amide bonds. The normalized spacial score (nSPS) is 11.3. The number of hydrogen-bond donors (Lipinski definition) is 0. The monoisotopic (exact) mass is 276 g/mol. The highest BCUT2D eigenvalue weighted by Gasteiger charge is 2.14. The van der Waals surface area contributed by atoms with Crippen molar-refractivity contribution in [2.75, 3.05) is 0 Å².